The predicted octanol–water partition coefficient (Wildman–Crippen LogP) is 24.0. The number of methoxy groups -OCH3 is 1. The second-order valence-electron chi connectivity index (χ2n) is 21.4. The topological polar surface area (TPSA) is 274 Å². The summed E-state index contributed by atoms with van der Waals surface area (Å²) in [6.07, 6.45) is 7.24. The van der Waals surface area contributed by atoms with E-state index in [1.807, 2.05) is 112 Å². The molecule has 5 aromatic heterocycles. The lowest BCUT2D eigenvalue weighted by molar-refractivity contribution is 0.0512. The highest BCUT2D eigenvalue weighted by atomic mass is 16.7. The van der Waals surface area contributed by atoms with Crippen LogP contribution in [-0.2, 0) is 4.74 Å². The number of fused-ring (bicyclic) bond motifs is 6. The number of ether oxygens (including phenoxy) is 2. The van der Waals surface area contributed by atoms with Gasteiger partial charge in [0.2, 0.25) is 0 Å². The Hall–Kier alpha value is -11.0. The predicted molar refractivity (Wildman–Crippen MR) is 432 cm³/mol. The SMILES string of the molecule is CC.CC.CC.CC.CC.CC(C)c1ccc2cc(O)ccc2c1.CC(C)c1ccoc1.CCC.CCC.CCC.COCOc1ccc2ccc(=O)oc2c1.O=c1ccc2cc(O)ccc2o1.O=c1ccc2ccc(O)cc2o1.O=c1ccc2ccc(O)cc2o1.Oc1cc(O)c2ccccc2c1. The Morgan fingerprint density at radius 2 is 0.692 bits per heavy atom. The summed E-state index contributed by atoms with van der Waals surface area (Å²) in [7, 11) is 1.54. The van der Waals surface area contributed by atoms with Crippen LogP contribution in [0.2, 0.25) is 0 Å². The average molecular weight is 1430 g/mol. The standard InChI is InChI=1S/C13H14O.C11H10O4.C10H8O2.3C9H6O3.C7H10O.3C3H8.5C2H6/c1-9(2)10-3-4-12-8-13(14)6-5-11(12)7-10;1-13-7-14-9-4-2-8-3-5-11(12)15-10(8)6-9;11-8-5-7-3-1-2-4-9(7)10(12)6-8;10-7-2-3-8-6(5-7)1-4-9(11)12-8;2*10-7-3-1-6-2-4-9(11)12-8(6)5-7;1-6(2)7-3-4-8-5-7;3*1-3-2;5*1-2/h3-9,14H,1-2H3;2-6H,7H2,1H3;1-6,11-12H;3*1-5,10H;3-6H,1-2H3;3*3H2,1-2H3;5*1-2H3. The summed E-state index contributed by atoms with van der Waals surface area (Å²) in [5.41, 5.74) is 2.84. The number of phenolic OH excluding ortho intramolecular Hbond substituents is 6. The average Bonchev–Trinajstić information content (AvgIpc) is 0.939. The summed E-state index contributed by atoms with van der Waals surface area (Å²) in [6.45, 7) is 41.6. The molecule has 17 heteroatoms. The van der Waals surface area contributed by atoms with E-state index in [-0.39, 0.29) is 46.8 Å². The molecule has 0 aliphatic heterocycles. The molecule has 0 aliphatic rings. The number of furan rings is 1. The normalized spacial score (nSPS) is 9.38. The van der Waals surface area contributed by atoms with Gasteiger partial charge in [-0.1, -0.05) is 206 Å². The first-order valence-electron chi connectivity index (χ1n) is 35.5. The second kappa shape index (κ2) is 56.6. The van der Waals surface area contributed by atoms with E-state index >= 15 is 0 Å². The zero-order valence-corrected chi connectivity index (χ0v) is 64.9. The summed E-state index contributed by atoms with van der Waals surface area (Å²) in [5.74, 6) is 2.64. The molecular formula is C87H114O17. The van der Waals surface area contributed by atoms with Crippen LogP contribution in [-0.4, -0.2) is 44.5 Å². The Morgan fingerprint density at radius 1 is 0.337 bits per heavy atom. The van der Waals surface area contributed by atoms with E-state index in [0.29, 0.717) is 45.7 Å². The molecule has 0 radical (unpaired) electrons. The molecule has 0 fully saturated rings. The van der Waals surface area contributed by atoms with Crippen LogP contribution in [0.3, 0.4) is 0 Å². The van der Waals surface area contributed by atoms with Crippen molar-refractivity contribution >= 4 is 65.4 Å². The van der Waals surface area contributed by atoms with Crippen LogP contribution >= 0.6 is 0 Å². The summed E-state index contributed by atoms with van der Waals surface area (Å²) in [5, 5.41) is 62.1. The van der Waals surface area contributed by atoms with Gasteiger partial charge < -0.3 is 62.2 Å². The molecule has 0 saturated carbocycles. The summed E-state index contributed by atoms with van der Waals surface area (Å²) < 4.78 is 34.4. The highest BCUT2D eigenvalue weighted by molar-refractivity contribution is 5.89. The zero-order chi connectivity index (χ0) is 79.1. The third-order valence-electron chi connectivity index (χ3n) is 12.3. The van der Waals surface area contributed by atoms with Crippen molar-refractivity contribution in [2.75, 3.05) is 13.9 Å². The fraction of sp³-hybridized carbons (Fsp3) is 0.310. The lowest BCUT2D eigenvalue weighted by Crippen LogP contribution is -1.99. The van der Waals surface area contributed by atoms with Crippen LogP contribution in [0.25, 0.3) is 65.4 Å². The lowest BCUT2D eigenvalue weighted by Gasteiger charge is -2.06. The Bertz CT molecular complexity index is 4520. The molecule has 13 rings (SSSR count). The van der Waals surface area contributed by atoms with Gasteiger partial charge in [0.05, 0.1) is 12.5 Å². The van der Waals surface area contributed by atoms with Crippen LogP contribution < -0.4 is 27.2 Å². The van der Waals surface area contributed by atoms with Crippen LogP contribution in [0, 0.1) is 0 Å². The number of hydrogen-bond donors (Lipinski definition) is 6. The van der Waals surface area contributed by atoms with Crippen molar-refractivity contribution in [2.24, 2.45) is 0 Å². The van der Waals surface area contributed by atoms with E-state index in [0.717, 1.165) is 37.7 Å². The highest BCUT2D eigenvalue weighted by Gasteiger charge is 2.05. The van der Waals surface area contributed by atoms with Crippen LogP contribution in [0.4, 0.5) is 0 Å². The first-order valence-corrected chi connectivity index (χ1v) is 35.5. The summed E-state index contributed by atoms with van der Waals surface area (Å²) >= 11 is 0. The van der Waals surface area contributed by atoms with Crippen molar-refractivity contribution in [3.8, 4) is 40.2 Å². The largest absolute Gasteiger partial charge is 0.508 e. The molecule has 0 amide bonds. The Kier molecular flexibility index (Phi) is 51.7. The van der Waals surface area contributed by atoms with Gasteiger partial charge in [0.15, 0.2) is 6.79 Å². The first-order chi connectivity index (χ1) is 50.0. The van der Waals surface area contributed by atoms with Crippen LogP contribution in [0.1, 0.15) is 181 Å². The molecule has 5 heterocycles. The molecule has 8 aromatic carbocycles. The van der Waals surface area contributed by atoms with E-state index in [2.05, 4.69) is 87.4 Å². The van der Waals surface area contributed by atoms with E-state index in [1.165, 1.54) is 90.4 Å². The Labute approximate surface area is 613 Å². The molecule has 0 aliphatic carbocycles. The zero-order valence-electron chi connectivity index (χ0n) is 64.9. The first kappa shape index (κ1) is 95.0. The molecule has 0 saturated heterocycles. The number of benzene rings is 8. The lowest BCUT2D eigenvalue weighted by atomic mass is 9.99. The summed E-state index contributed by atoms with van der Waals surface area (Å²) in [4.78, 5) is 43.2. The molecule has 17 nitrogen and oxygen atoms in total. The Morgan fingerprint density at radius 3 is 1.12 bits per heavy atom. The molecular weight excluding hydrogens is 1320 g/mol. The molecule has 0 bridgehead atoms. The fourth-order valence-electron chi connectivity index (χ4n) is 7.90. The van der Waals surface area contributed by atoms with Gasteiger partial charge in [-0.3, -0.25) is 0 Å². The van der Waals surface area contributed by atoms with Gasteiger partial charge in [0.1, 0.15) is 62.6 Å². The van der Waals surface area contributed by atoms with Crippen LogP contribution in [0.5, 0.6) is 40.2 Å². The number of phenols is 6. The van der Waals surface area contributed by atoms with E-state index in [1.54, 1.807) is 105 Å². The maximum absolute atomic E-state index is 11.0. The minimum Gasteiger partial charge on any atom is -0.508 e. The van der Waals surface area contributed by atoms with Crippen molar-refractivity contribution in [3.05, 3.63) is 266 Å². The molecule has 0 unspecified atom stereocenters. The second-order valence-corrected chi connectivity index (χ2v) is 21.4. The smallest absolute Gasteiger partial charge is 0.336 e. The van der Waals surface area contributed by atoms with E-state index in [9.17, 15) is 29.4 Å². The third kappa shape index (κ3) is 37.0. The molecule has 6 N–H and O–H groups in total. The molecule has 564 valence electrons. The van der Waals surface area contributed by atoms with Gasteiger partial charge in [-0.25, -0.2) is 19.2 Å². The minimum atomic E-state index is -0.409. The maximum atomic E-state index is 11.0. The highest BCUT2D eigenvalue weighted by Crippen LogP contribution is 2.30. The third-order valence-corrected chi connectivity index (χ3v) is 12.3. The molecule has 0 spiro atoms. The van der Waals surface area contributed by atoms with Gasteiger partial charge in [-0.05, 0) is 142 Å². The van der Waals surface area contributed by atoms with E-state index in [4.69, 9.17) is 52.0 Å². The molecule has 13 aromatic rings. The quantitative estimate of drug-likeness (QED) is 0.0690. The van der Waals surface area contributed by atoms with Gasteiger partial charge in [-0.2, -0.15) is 0 Å². The van der Waals surface area contributed by atoms with Gasteiger partial charge in [-0.15, -0.1) is 0 Å². The number of aromatic hydroxyl groups is 6. The van der Waals surface area contributed by atoms with Crippen molar-refractivity contribution < 1.29 is 62.2 Å². The van der Waals surface area contributed by atoms with Crippen molar-refractivity contribution in [2.45, 2.75) is 170 Å². The van der Waals surface area contributed by atoms with Gasteiger partial charge >= 0.3 is 22.5 Å². The van der Waals surface area contributed by atoms with Crippen molar-refractivity contribution in [1.29, 1.82) is 0 Å². The van der Waals surface area contributed by atoms with Gasteiger partial charge in [0.25, 0.3) is 0 Å². The van der Waals surface area contributed by atoms with E-state index < -0.39 is 11.3 Å². The number of hydrogen-bond acceptors (Lipinski definition) is 17. The minimum absolute atomic E-state index is 0.0891. The van der Waals surface area contributed by atoms with Crippen LogP contribution in [0.15, 0.2) is 254 Å². The van der Waals surface area contributed by atoms with Crippen molar-refractivity contribution in [1.82, 2.24) is 0 Å². The molecule has 0 atom stereocenters. The van der Waals surface area contributed by atoms with Gasteiger partial charge in [0, 0.05) is 82.6 Å². The molecule has 104 heavy (non-hydrogen) atoms. The fourth-order valence-corrected chi connectivity index (χ4v) is 7.90. The summed E-state index contributed by atoms with van der Waals surface area (Å²) in [6, 6.07) is 55.3. The monoisotopic (exact) mass is 1430 g/mol. The Balaban J connectivity index is 0. The number of rotatable bonds is 5. The maximum Gasteiger partial charge on any atom is 0.336 e. The van der Waals surface area contributed by atoms with Crippen molar-refractivity contribution in [3.63, 3.8) is 0 Å².